The highest BCUT2D eigenvalue weighted by atomic mass is 16.5. The molecule has 0 bridgehead atoms. The van der Waals surface area contributed by atoms with E-state index in [2.05, 4.69) is 43.0 Å². The summed E-state index contributed by atoms with van der Waals surface area (Å²) in [4.78, 5) is 0. The van der Waals surface area contributed by atoms with Gasteiger partial charge in [-0.15, -0.1) is 0 Å². The van der Waals surface area contributed by atoms with Crippen molar-refractivity contribution in [2.24, 2.45) is 0 Å². The van der Waals surface area contributed by atoms with Crippen LogP contribution >= 0.6 is 0 Å². The minimum absolute atomic E-state index is 0.0390. The van der Waals surface area contributed by atoms with Crippen molar-refractivity contribution in [2.75, 3.05) is 13.7 Å². The lowest BCUT2D eigenvalue weighted by Gasteiger charge is -2.23. The summed E-state index contributed by atoms with van der Waals surface area (Å²) in [7, 11) is 1.80. The van der Waals surface area contributed by atoms with Crippen LogP contribution < -0.4 is 5.32 Å². The van der Waals surface area contributed by atoms with Gasteiger partial charge < -0.3 is 14.6 Å². The highest BCUT2D eigenvalue weighted by molar-refractivity contribution is 5.29. The lowest BCUT2D eigenvalue weighted by Crippen LogP contribution is -2.24. The molecule has 0 spiro atoms. The molecule has 1 heterocycles. The maximum Gasteiger partial charge on any atom is 0.0639 e. The molecule has 0 saturated heterocycles. The molecule has 2 rings (SSSR count). The normalized spacial score (nSPS) is 19.7. The molecule has 20 heavy (non-hydrogen) atoms. The summed E-state index contributed by atoms with van der Waals surface area (Å²) in [6, 6.07) is 0.550. The number of ether oxygens (including phenoxy) is 1. The van der Waals surface area contributed by atoms with Crippen LogP contribution in [0.2, 0.25) is 0 Å². The van der Waals surface area contributed by atoms with E-state index in [-0.39, 0.29) is 5.60 Å². The molecule has 1 aromatic rings. The Hall–Kier alpha value is -0.800. The van der Waals surface area contributed by atoms with Crippen LogP contribution in [0, 0.1) is 0 Å². The topological polar surface area (TPSA) is 26.2 Å². The maximum atomic E-state index is 5.52. The summed E-state index contributed by atoms with van der Waals surface area (Å²) in [6.45, 7) is 8.59. The second-order valence-electron chi connectivity index (χ2n) is 6.55. The highest BCUT2D eigenvalue weighted by Crippen LogP contribution is 2.29. The van der Waals surface area contributed by atoms with Crippen molar-refractivity contribution < 1.29 is 4.74 Å². The smallest absolute Gasteiger partial charge is 0.0639 e. The molecule has 1 atom stereocenters. The lowest BCUT2D eigenvalue weighted by atomic mass is 10.0. The van der Waals surface area contributed by atoms with Crippen LogP contribution in [-0.4, -0.2) is 23.8 Å². The highest BCUT2D eigenvalue weighted by Gasteiger charge is 2.21. The molecule has 0 radical (unpaired) electrons. The fourth-order valence-corrected chi connectivity index (χ4v) is 3.00. The van der Waals surface area contributed by atoms with E-state index in [4.69, 9.17) is 4.74 Å². The second kappa shape index (κ2) is 6.77. The van der Waals surface area contributed by atoms with Gasteiger partial charge in [0.05, 0.1) is 5.60 Å². The van der Waals surface area contributed by atoms with E-state index in [1.165, 1.54) is 31.2 Å². The zero-order chi connectivity index (χ0) is 14.6. The molecule has 1 N–H and O–H groups in total. The van der Waals surface area contributed by atoms with E-state index in [0.29, 0.717) is 6.04 Å². The average Bonchev–Trinajstić information content (AvgIpc) is 2.75. The first kappa shape index (κ1) is 15.6. The zero-order valence-corrected chi connectivity index (χ0v) is 13.5. The molecule has 0 aromatic carbocycles. The fraction of sp³-hybridized carbons (Fsp3) is 0.765. The SMILES string of the molecule is CCNC1CCCCc2cn(CCC(C)(C)OC)cc21. The third-order valence-corrected chi connectivity index (χ3v) is 4.54. The molecular formula is C17H30N2O. The molecule has 1 aliphatic rings. The van der Waals surface area contributed by atoms with Crippen LogP contribution in [0.3, 0.4) is 0 Å². The van der Waals surface area contributed by atoms with Crippen LogP contribution in [-0.2, 0) is 17.7 Å². The largest absolute Gasteiger partial charge is 0.379 e. The first-order chi connectivity index (χ1) is 9.55. The van der Waals surface area contributed by atoms with Crippen molar-refractivity contribution in [3.05, 3.63) is 23.5 Å². The Morgan fingerprint density at radius 1 is 1.35 bits per heavy atom. The third kappa shape index (κ3) is 3.86. The number of nitrogens with zero attached hydrogens (tertiary/aromatic N) is 1. The van der Waals surface area contributed by atoms with E-state index in [1.54, 1.807) is 12.7 Å². The number of aryl methyl sites for hydroxylation is 2. The standard InChI is InChI=1S/C17H30N2O/c1-5-18-16-9-7-6-8-14-12-19(13-15(14)16)11-10-17(2,3)20-4/h12-13,16,18H,5-11H2,1-4H3. The zero-order valence-electron chi connectivity index (χ0n) is 13.5. The molecule has 1 unspecified atom stereocenters. The predicted molar refractivity (Wildman–Crippen MR) is 84.1 cm³/mol. The Kier molecular flexibility index (Phi) is 5.28. The fourth-order valence-electron chi connectivity index (χ4n) is 3.00. The van der Waals surface area contributed by atoms with Crippen LogP contribution in [0.4, 0.5) is 0 Å². The summed E-state index contributed by atoms with van der Waals surface area (Å²) < 4.78 is 7.88. The molecule has 1 aliphatic carbocycles. The van der Waals surface area contributed by atoms with Crippen molar-refractivity contribution >= 4 is 0 Å². The molecule has 0 saturated carbocycles. The van der Waals surface area contributed by atoms with Gasteiger partial charge in [0.2, 0.25) is 0 Å². The Bertz CT molecular complexity index is 423. The van der Waals surface area contributed by atoms with Gasteiger partial charge in [-0.1, -0.05) is 13.3 Å². The van der Waals surface area contributed by atoms with E-state index in [9.17, 15) is 0 Å². The summed E-state index contributed by atoms with van der Waals surface area (Å²) in [5.74, 6) is 0. The summed E-state index contributed by atoms with van der Waals surface area (Å²) in [5, 5.41) is 3.64. The monoisotopic (exact) mass is 278 g/mol. The molecule has 1 aromatic heterocycles. The molecule has 114 valence electrons. The van der Waals surface area contributed by atoms with Crippen LogP contribution in [0.5, 0.6) is 0 Å². The van der Waals surface area contributed by atoms with Crippen molar-refractivity contribution in [3.63, 3.8) is 0 Å². The van der Waals surface area contributed by atoms with E-state index < -0.39 is 0 Å². The van der Waals surface area contributed by atoms with Gasteiger partial charge in [0, 0.05) is 32.1 Å². The maximum absolute atomic E-state index is 5.52. The van der Waals surface area contributed by atoms with Gasteiger partial charge >= 0.3 is 0 Å². The number of hydrogen-bond donors (Lipinski definition) is 1. The number of methoxy groups -OCH3 is 1. The molecule has 3 nitrogen and oxygen atoms in total. The van der Waals surface area contributed by atoms with Gasteiger partial charge in [0.25, 0.3) is 0 Å². The first-order valence-corrected chi connectivity index (χ1v) is 8.03. The van der Waals surface area contributed by atoms with Crippen molar-refractivity contribution in [3.8, 4) is 0 Å². The summed E-state index contributed by atoms with van der Waals surface area (Å²) in [5.41, 5.74) is 3.03. The molecule has 0 fully saturated rings. The molecule has 3 heteroatoms. The molecule has 0 aliphatic heterocycles. The predicted octanol–water partition coefficient (Wildman–Crippen LogP) is 3.68. The quantitative estimate of drug-likeness (QED) is 0.803. The van der Waals surface area contributed by atoms with Crippen LogP contribution in [0.15, 0.2) is 12.4 Å². The van der Waals surface area contributed by atoms with Gasteiger partial charge in [-0.25, -0.2) is 0 Å². The third-order valence-electron chi connectivity index (χ3n) is 4.54. The average molecular weight is 278 g/mol. The van der Waals surface area contributed by atoms with Gasteiger partial charge in [0.1, 0.15) is 0 Å². The Balaban J connectivity index is 2.08. The minimum Gasteiger partial charge on any atom is -0.379 e. The van der Waals surface area contributed by atoms with Gasteiger partial charge in [-0.05, 0) is 57.2 Å². The Labute approximate surface area is 123 Å². The molecular weight excluding hydrogens is 248 g/mol. The second-order valence-corrected chi connectivity index (χ2v) is 6.55. The van der Waals surface area contributed by atoms with E-state index >= 15 is 0 Å². The number of hydrogen-bond acceptors (Lipinski definition) is 2. The van der Waals surface area contributed by atoms with Crippen molar-refractivity contribution in [1.82, 2.24) is 9.88 Å². The Morgan fingerprint density at radius 2 is 2.15 bits per heavy atom. The van der Waals surface area contributed by atoms with Crippen LogP contribution in [0.1, 0.15) is 63.6 Å². The summed E-state index contributed by atoms with van der Waals surface area (Å²) >= 11 is 0. The van der Waals surface area contributed by atoms with Gasteiger partial charge in [-0.2, -0.15) is 0 Å². The van der Waals surface area contributed by atoms with Gasteiger partial charge in [0.15, 0.2) is 0 Å². The van der Waals surface area contributed by atoms with Crippen molar-refractivity contribution in [1.29, 1.82) is 0 Å². The van der Waals surface area contributed by atoms with Crippen molar-refractivity contribution in [2.45, 2.75) is 71.1 Å². The minimum atomic E-state index is -0.0390. The number of nitrogens with one attached hydrogen (secondary N) is 1. The number of fused-ring (bicyclic) bond motifs is 1. The number of aromatic nitrogens is 1. The molecule has 0 amide bonds. The van der Waals surface area contributed by atoms with Crippen LogP contribution in [0.25, 0.3) is 0 Å². The summed E-state index contributed by atoms with van der Waals surface area (Å²) in [6.07, 6.45) is 10.9. The lowest BCUT2D eigenvalue weighted by molar-refractivity contribution is 0.0120. The van der Waals surface area contributed by atoms with E-state index in [1.807, 2.05) is 0 Å². The number of rotatable bonds is 6. The van der Waals surface area contributed by atoms with Gasteiger partial charge in [-0.3, -0.25) is 0 Å². The first-order valence-electron chi connectivity index (χ1n) is 8.03. The Morgan fingerprint density at radius 3 is 2.85 bits per heavy atom. The van der Waals surface area contributed by atoms with E-state index in [0.717, 1.165) is 19.5 Å².